The number of nitrogens with one attached hydrogen (secondary N) is 2. The van der Waals surface area contributed by atoms with Crippen LogP contribution in [0.1, 0.15) is 18.0 Å². The minimum absolute atomic E-state index is 0.0323. The Bertz CT molecular complexity index is 482. The number of likely N-dealkylation sites (N-methyl/N-ethyl adjacent to an activating group) is 1. The molecule has 0 aliphatic carbocycles. The minimum atomic E-state index is -0.306. The Morgan fingerprint density at radius 1 is 1.53 bits per heavy atom. The van der Waals surface area contributed by atoms with Crippen molar-refractivity contribution in [2.45, 2.75) is 17.4 Å². The van der Waals surface area contributed by atoms with Gasteiger partial charge in [0, 0.05) is 35.6 Å². The molecule has 1 aromatic carbocycles. The van der Waals surface area contributed by atoms with Crippen LogP contribution in [-0.2, 0) is 9.53 Å². The molecule has 1 aliphatic rings. The van der Waals surface area contributed by atoms with Crippen LogP contribution >= 0.6 is 23.4 Å². The molecule has 0 fully saturated rings. The molecule has 104 valence electrons. The van der Waals surface area contributed by atoms with Gasteiger partial charge in [0.15, 0.2) is 0 Å². The first-order chi connectivity index (χ1) is 9.17. The second-order valence-corrected chi connectivity index (χ2v) is 5.82. The van der Waals surface area contributed by atoms with Crippen molar-refractivity contribution in [1.29, 1.82) is 0 Å². The Morgan fingerprint density at radius 3 is 3.00 bits per heavy atom. The molecule has 0 aromatic heterocycles. The molecular formula is C13H17ClN2O2S. The quantitative estimate of drug-likeness (QED) is 0.626. The van der Waals surface area contributed by atoms with Gasteiger partial charge >= 0.3 is 0 Å². The lowest BCUT2D eigenvalue weighted by atomic mass is 10.1. The standard InChI is InChI=1S/C13H17ClN2O2S/c1-15-12-8-6-9(14)11(19-5-3-4-18-2)7-10(8)16-13(12)17/h6-7,12,15H,3-5H2,1-2H3,(H,16,17). The first kappa shape index (κ1) is 14.7. The number of rotatable bonds is 6. The molecule has 1 heterocycles. The monoisotopic (exact) mass is 300 g/mol. The summed E-state index contributed by atoms with van der Waals surface area (Å²) in [6.07, 6.45) is 0.972. The Labute approximate surface area is 122 Å². The van der Waals surface area contributed by atoms with Crippen molar-refractivity contribution < 1.29 is 9.53 Å². The van der Waals surface area contributed by atoms with E-state index in [-0.39, 0.29) is 11.9 Å². The Balaban J connectivity index is 2.12. The fourth-order valence-electron chi connectivity index (χ4n) is 2.04. The molecule has 4 nitrogen and oxygen atoms in total. The van der Waals surface area contributed by atoms with Gasteiger partial charge in [-0.3, -0.25) is 4.79 Å². The summed E-state index contributed by atoms with van der Waals surface area (Å²) in [5, 5.41) is 6.54. The number of hydrogen-bond acceptors (Lipinski definition) is 4. The number of amides is 1. The largest absolute Gasteiger partial charge is 0.385 e. The average Bonchev–Trinajstić information content (AvgIpc) is 2.69. The average molecular weight is 301 g/mol. The van der Waals surface area contributed by atoms with E-state index in [1.165, 1.54) is 0 Å². The molecule has 0 radical (unpaired) electrons. The molecule has 19 heavy (non-hydrogen) atoms. The van der Waals surface area contributed by atoms with Gasteiger partial charge in [0.25, 0.3) is 0 Å². The summed E-state index contributed by atoms with van der Waals surface area (Å²) in [4.78, 5) is 12.7. The fraction of sp³-hybridized carbons (Fsp3) is 0.462. The third kappa shape index (κ3) is 3.23. The van der Waals surface area contributed by atoms with Gasteiger partial charge in [-0.1, -0.05) is 11.6 Å². The highest BCUT2D eigenvalue weighted by Gasteiger charge is 2.30. The van der Waals surface area contributed by atoms with E-state index in [0.717, 1.165) is 34.9 Å². The number of carbonyl (C=O) groups is 1. The maximum Gasteiger partial charge on any atom is 0.246 e. The zero-order valence-corrected chi connectivity index (χ0v) is 12.5. The van der Waals surface area contributed by atoms with Crippen molar-refractivity contribution in [1.82, 2.24) is 5.32 Å². The van der Waals surface area contributed by atoms with Crippen molar-refractivity contribution >= 4 is 35.0 Å². The summed E-state index contributed by atoms with van der Waals surface area (Å²) in [6, 6.07) is 3.51. The van der Waals surface area contributed by atoms with Crippen LogP contribution in [0.2, 0.25) is 5.02 Å². The van der Waals surface area contributed by atoms with Gasteiger partial charge in [0.1, 0.15) is 6.04 Å². The molecule has 1 unspecified atom stereocenters. The van der Waals surface area contributed by atoms with E-state index in [2.05, 4.69) is 10.6 Å². The molecule has 0 spiro atoms. The molecule has 6 heteroatoms. The lowest BCUT2D eigenvalue weighted by Gasteiger charge is -2.09. The number of thioether (sulfide) groups is 1. The maximum absolute atomic E-state index is 11.7. The summed E-state index contributed by atoms with van der Waals surface area (Å²) < 4.78 is 5.02. The first-order valence-corrected chi connectivity index (χ1v) is 7.47. The van der Waals surface area contributed by atoms with Crippen LogP contribution < -0.4 is 10.6 Å². The molecule has 1 aromatic rings. The van der Waals surface area contributed by atoms with Crippen LogP contribution in [-0.4, -0.2) is 32.4 Å². The van der Waals surface area contributed by atoms with Gasteiger partial charge in [-0.25, -0.2) is 0 Å². The zero-order chi connectivity index (χ0) is 13.8. The number of ether oxygens (including phenoxy) is 1. The highest BCUT2D eigenvalue weighted by atomic mass is 35.5. The van der Waals surface area contributed by atoms with Crippen LogP contribution in [0.5, 0.6) is 0 Å². The zero-order valence-electron chi connectivity index (χ0n) is 11.0. The van der Waals surface area contributed by atoms with E-state index in [1.54, 1.807) is 25.9 Å². The number of fused-ring (bicyclic) bond motifs is 1. The number of hydrogen-bond donors (Lipinski definition) is 2. The third-order valence-corrected chi connectivity index (χ3v) is 4.54. The van der Waals surface area contributed by atoms with Crippen molar-refractivity contribution in [2.75, 3.05) is 31.8 Å². The lowest BCUT2D eigenvalue weighted by Crippen LogP contribution is -2.23. The third-order valence-electron chi connectivity index (χ3n) is 2.97. The summed E-state index contributed by atoms with van der Waals surface area (Å²) in [5.74, 6) is 0.908. The van der Waals surface area contributed by atoms with Crippen molar-refractivity contribution in [3.63, 3.8) is 0 Å². The van der Waals surface area contributed by atoms with Gasteiger partial charge in [-0.2, -0.15) is 0 Å². The Hall–Kier alpha value is -0.750. The number of benzene rings is 1. The van der Waals surface area contributed by atoms with Crippen LogP contribution in [0.15, 0.2) is 17.0 Å². The maximum atomic E-state index is 11.7. The van der Waals surface area contributed by atoms with E-state index < -0.39 is 0 Å². The SMILES string of the molecule is CNC1C(=O)Nc2cc(SCCCOC)c(Cl)cc21. The molecular weight excluding hydrogens is 284 g/mol. The van der Waals surface area contributed by atoms with Crippen molar-refractivity contribution in [2.24, 2.45) is 0 Å². The number of halogens is 1. The molecule has 2 rings (SSSR count). The highest BCUT2D eigenvalue weighted by Crippen LogP contribution is 2.38. The summed E-state index contributed by atoms with van der Waals surface area (Å²) in [5.41, 5.74) is 1.77. The summed E-state index contributed by atoms with van der Waals surface area (Å²) >= 11 is 7.95. The van der Waals surface area contributed by atoms with Gasteiger partial charge in [-0.05, 0) is 25.6 Å². The minimum Gasteiger partial charge on any atom is -0.385 e. The summed E-state index contributed by atoms with van der Waals surface area (Å²) in [6.45, 7) is 0.744. The van der Waals surface area contributed by atoms with E-state index in [9.17, 15) is 4.79 Å². The smallest absolute Gasteiger partial charge is 0.246 e. The Kier molecular flexibility index (Phi) is 5.10. The van der Waals surface area contributed by atoms with E-state index in [0.29, 0.717) is 5.02 Å². The number of methoxy groups -OCH3 is 1. The van der Waals surface area contributed by atoms with Crippen LogP contribution in [0, 0.1) is 0 Å². The first-order valence-electron chi connectivity index (χ1n) is 6.10. The number of anilines is 1. The molecule has 1 amide bonds. The topological polar surface area (TPSA) is 50.4 Å². The van der Waals surface area contributed by atoms with Crippen molar-refractivity contribution in [3.05, 3.63) is 22.7 Å². The van der Waals surface area contributed by atoms with Crippen LogP contribution in [0.4, 0.5) is 5.69 Å². The molecule has 1 aliphatic heterocycles. The fourth-order valence-corrected chi connectivity index (χ4v) is 3.26. The van der Waals surface area contributed by atoms with Gasteiger partial charge in [0.2, 0.25) is 5.91 Å². The van der Waals surface area contributed by atoms with E-state index in [4.69, 9.17) is 16.3 Å². The van der Waals surface area contributed by atoms with Gasteiger partial charge in [0.05, 0.1) is 5.02 Å². The highest BCUT2D eigenvalue weighted by molar-refractivity contribution is 7.99. The van der Waals surface area contributed by atoms with Gasteiger partial charge < -0.3 is 15.4 Å². The lowest BCUT2D eigenvalue weighted by molar-refractivity contribution is -0.117. The van der Waals surface area contributed by atoms with E-state index in [1.807, 2.05) is 12.1 Å². The Morgan fingerprint density at radius 2 is 2.32 bits per heavy atom. The number of carbonyl (C=O) groups excluding carboxylic acids is 1. The second-order valence-electron chi connectivity index (χ2n) is 4.28. The molecule has 0 bridgehead atoms. The van der Waals surface area contributed by atoms with Crippen LogP contribution in [0.3, 0.4) is 0 Å². The molecule has 0 saturated heterocycles. The van der Waals surface area contributed by atoms with Crippen LogP contribution in [0.25, 0.3) is 0 Å². The molecule has 1 atom stereocenters. The normalized spacial score (nSPS) is 17.4. The predicted octanol–water partition coefficient (Wildman–Crippen LogP) is 2.68. The second kappa shape index (κ2) is 6.61. The summed E-state index contributed by atoms with van der Waals surface area (Å²) in [7, 11) is 3.46. The van der Waals surface area contributed by atoms with Gasteiger partial charge in [-0.15, -0.1) is 11.8 Å². The van der Waals surface area contributed by atoms with Crippen molar-refractivity contribution in [3.8, 4) is 0 Å². The predicted molar refractivity (Wildman–Crippen MR) is 79.1 cm³/mol. The van der Waals surface area contributed by atoms with E-state index >= 15 is 0 Å². The molecule has 0 saturated carbocycles. The molecule has 2 N–H and O–H groups in total.